The van der Waals surface area contributed by atoms with Crippen molar-refractivity contribution in [3.63, 3.8) is 0 Å². The van der Waals surface area contributed by atoms with Crippen molar-refractivity contribution in [2.24, 2.45) is 11.8 Å². The fourth-order valence-electron chi connectivity index (χ4n) is 4.28. The van der Waals surface area contributed by atoms with E-state index in [1.165, 1.54) is 5.56 Å². The number of carboxylic acid groups (broad SMARTS) is 3. The van der Waals surface area contributed by atoms with E-state index >= 15 is 0 Å². The van der Waals surface area contributed by atoms with Crippen LogP contribution in [0.4, 0.5) is 0 Å². The first kappa shape index (κ1) is 39.0. The van der Waals surface area contributed by atoms with Gasteiger partial charge < -0.3 is 24.8 Å². The Kier molecular flexibility index (Phi) is 17.7. The van der Waals surface area contributed by atoms with E-state index < -0.39 is 41.7 Å². The molecule has 10 heteroatoms. The highest BCUT2D eigenvalue weighted by Crippen LogP contribution is 2.17. The highest BCUT2D eigenvalue weighted by molar-refractivity contribution is 5.95. The Morgan fingerprint density at radius 3 is 1.24 bits per heavy atom. The van der Waals surface area contributed by atoms with Gasteiger partial charge >= 0.3 is 29.8 Å². The van der Waals surface area contributed by atoms with Crippen molar-refractivity contribution in [1.82, 2.24) is 0 Å². The standard InChI is InChI=1S/C15H20O4.C11H12O4.C10H12O2/c1-4-18-14(16)13(15(17)19-5-2)10-12-9-7-6-8-11(12)3;1-7-4-2-3-5-8(7)6-9(10(12)13)11(14)15;1-8-4-2-3-5-9(8)6-7-10(11)12/h6-9,13H,4-5,10H2,1-3H3;2-5,9H,6H2,1H3,(H,12,13)(H,14,15);2-5H,6-7H2,1H3,(H,11,12). The van der Waals surface area contributed by atoms with Crippen LogP contribution in [-0.4, -0.2) is 58.4 Å². The molecule has 3 aromatic carbocycles. The maximum Gasteiger partial charge on any atom is 0.320 e. The zero-order valence-corrected chi connectivity index (χ0v) is 27.0. The van der Waals surface area contributed by atoms with Gasteiger partial charge in [-0.25, -0.2) is 0 Å². The molecule has 3 rings (SSSR count). The second kappa shape index (κ2) is 20.9. The van der Waals surface area contributed by atoms with Crippen LogP contribution in [0.5, 0.6) is 0 Å². The van der Waals surface area contributed by atoms with Gasteiger partial charge in [-0.2, -0.15) is 0 Å². The number of hydrogen-bond acceptors (Lipinski definition) is 7. The number of hydrogen-bond donors (Lipinski definition) is 3. The highest BCUT2D eigenvalue weighted by atomic mass is 16.6. The van der Waals surface area contributed by atoms with Crippen LogP contribution in [0.1, 0.15) is 53.6 Å². The van der Waals surface area contributed by atoms with Crippen molar-refractivity contribution < 1.29 is 48.8 Å². The fourth-order valence-corrected chi connectivity index (χ4v) is 4.28. The van der Waals surface area contributed by atoms with Gasteiger partial charge in [0.05, 0.1) is 13.2 Å². The molecule has 0 saturated carbocycles. The number of aliphatic carboxylic acids is 3. The smallest absolute Gasteiger partial charge is 0.320 e. The van der Waals surface area contributed by atoms with Crippen molar-refractivity contribution >= 4 is 29.8 Å². The molecule has 0 radical (unpaired) electrons. The topological polar surface area (TPSA) is 165 Å². The summed E-state index contributed by atoms with van der Waals surface area (Å²) in [5.41, 5.74) is 5.95. The number of benzene rings is 3. The van der Waals surface area contributed by atoms with Crippen LogP contribution in [0.15, 0.2) is 72.8 Å². The number of carboxylic acids is 3. The van der Waals surface area contributed by atoms with E-state index in [2.05, 4.69) is 0 Å². The third kappa shape index (κ3) is 14.2. The minimum atomic E-state index is -1.37. The van der Waals surface area contributed by atoms with Crippen LogP contribution < -0.4 is 0 Å². The average molecular weight is 637 g/mol. The lowest BCUT2D eigenvalue weighted by Crippen LogP contribution is -2.30. The van der Waals surface area contributed by atoms with Gasteiger partial charge in [-0.15, -0.1) is 0 Å². The van der Waals surface area contributed by atoms with Gasteiger partial charge in [-0.3, -0.25) is 24.0 Å². The second-order valence-electron chi connectivity index (χ2n) is 10.4. The number of carbonyl (C=O) groups excluding carboxylic acids is 2. The van der Waals surface area contributed by atoms with Gasteiger partial charge in [0.1, 0.15) is 0 Å². The normalized spacial score (nSPS) is 10.2. The summed E-state index contributed by atoms with van der Waals surface area (Å²) in [5, 5.41) is 25.9. The quantitative estimate of drug-likeness (QED) is 0.159. The lowest BCUT2D eigenvalue weighted by molar-refractivity contribution is -0.162. The Balaban J connectivity index is 0.000000354. The summed E-state index contributed by atoms with van der Waals surface area (Å²) in [6.07, 6.45) is 1.18. The molecular formula is C36H44O10. The van der Waals surface area contributed by atoms with Crippen molar-refractivity contribution in [3.05, 3.63) is 106 Å². The van der Waals surface area contributed by atoms with E-state index in [9.17, 15) is 24.0 Å². The SMILES string of the molecule is CCOC(=O)C(Cc1ccccc1C)C(=O)OCC.Cc1ccccc1CC(C(=O)O)C(=O)O.Cc1ccccc1CCC(=O)O. The zero-order chi connectivity index (χ0) is 34.6. The Morgan fingerprint density at radius 2 is 0.913 bits per heavy atom. The lowest BCUT2D eigenvalue weighted by Gasteiger charge is -2.15. The van der Waals surface area contributed by atoms with Gasteiger partial charge in [0.2, 0.25) is 0 Å². The highest BCUT2D eigenvalue weighted by Gasteiger charge is 2.30. The average Bonchev–Trinajstić information content (AvgIpc) is 3.00. The van der Waals surface area contributed by atoms with Crippen molar-refractivity contribution in [3.8, 4) is 0 Å². The number of aryl methyl sites for hydroxylation is 4. The maximum absolute atomic E-state index is 11.9. The molecule has 0 atom stereocenters. The largest absolute Gasteiger partial charge is 0.481 e. The van der Waals surface area contributed by atoms with Crippen LogP contribution >= 0.6 is 0 Å². The fraction of sp³-hybridized carbons (Fsp3) is 0.361. The van der Waals surface area contributed by atoms with Crippen LogP contribution in [0.25, 0.3) is 0 Å². The number of rotatable bonds is 13. The van der Waals surface area contributed by atoms with E-state index in [1.54, 1.807) is 26.0 Å². The van der Waals surface area contributed by atoms with Gasteiger partial charge in [-0.05, 0) is 87.3 Å². The maximum atomic E-state index is 11.9. The van der Waals surface area contributed by atoms with E-state index in [-0.39, 0.29) is 26.1 Å². The molecule has 248 valence electrons. The molecule has 0 fully saturated rings. The number of carbonyl (C=O) groups is 5. The Morgan fingerprint density at radius 1 is 0.565 bits per heavy atom. The van der Waals surface area contributed by atoms with Crippen molar-refractivity contribution in [1.29, 1.82) is 0 Å². The molecule has 0 spiro atoms. The minimum absolute atomic E-state index is 0.0251. The summed E-state index contributed by atoms with van der Waals surface area (Å²) in [4.78, 5) is 55.3. The van der Waals surface area contributed by atoms with Gasteiger partial charge in [0, 0.05) is 6.42 Å². The third-order valence-electron chi connectivity index (χ3n) is 6.98. The summed E-state index contributed by atoms with van der Waals surface area (Å²) < 4.78 is 9.89. The Hall–Kier alpha value is -4.99. The summed E-state index contributed by atoms with van der Waals surface area (Å²) in [7, 11) is 0. The zero-order valence-electron chi connectivity index (χ0n) is 27.0. The van der Waals surface area contributed by atoms with Gasteiger partial charge in [-0.1, -0.05) is 72.8 Å². The second-order valence-corrected chi connectivity index (χ2v) is 10.4. The van der Waals surface area contributed by atoms with E-state index in [4.69, 9.17) is 24.8 Å². The molecule has 3 N–H and O–H groups in total. The predicted octanol–water partition coefficient (Wildman–Crippen LogP) is 5.62. The molecule has 3 aromatic rings. The Bertz CT molecular complexity index is 1410. The molecule has 0 saturated heterocycles. The molecule has 46 heavy (non-hydrogen) atoms. The van der Waals surface area contributed by atoms with Crippen LogP contribution in [-0.2, 0) is 52.7 Å². The first-order valence-electron chi connectivity index (χ1n) is 15.0. The summed E-state index contributed by atoms with van der Waals surface area (Å²) >= 11 is 0. The summed E-state index contributed by atoms with van der Waals surface area (Å²) in [5.74, 6) is -6.64. The van der Waals surface area contributed by atoms with Gasteiger partial charge in [0.15, 0.2) is 11.8 Å². The van der Waals surface area contributed by atoms with Crippen LogP contribution in [0, 0.1) is 32.6 Å². The monoisotopic (exact) mass is 636 g/mol. The molecular weight excluding hydrogens is 592 g/mol. The van der Waals surface area contributed by atoms with E-state index in [0.29, 0.717) is 12.8 Å². The van der Waals surface area contributed by atoms with Crippen LogP contribution in [0.3, 0.4) is 0 Å². The van der Waals surface area contributed by atoms with Gasteiger partial charge in [0.25, 0.3) is 0 Å². The molecule has 0 bridgehead atoms. The first-order chi connectivity index (χ1) is 21.8. The summed E-state index contributed by atoms with van der Waals surface area (Å²) in [6, 6.07) is 22.7. The summed E-state index contributed by atoms with van der Waals surface area (Å²) in [6.45, 7) is 9.71. The molecule has 0 aromatic heterocycles. The minimum Gasteiger partial charge on any atom is -0.481 e. The Labute approximate surface area is 270 Å². The number of esters is 2. The molecule has 0 amide bonds. The van der Waals surface area contributed by atoms with Crippen molar-refractivity contribution in [2.75, 3.05) is 13.2 Å². The molecule has 0 aliphatic rings. The first-order valence-corrected chi connectivity index (χ1v) is 15.0. The predicted molar refractivity (Wildman–Crippen MR) is 172 cm³/mol. The molecule has 10 nitrogen and oxygen atoms in total. The molecule has 0 heterocycles. The molecule has 0 aliphatic carbocycles. The molecule has 0 aliphatic heterocycles. The number of ether oxygens (including phenoxy) is 2. The lowest BCUT2D eigenvalue weighted by atomic mass is 9.96. The van der Waals surface area contributed by atoms with E-state index in [0.717, 1.165) is 27.8 Å². The third-order valence-corrected chi connectivity index (χ3v) is 6.98. The molecule has 0 unspecified atom stereocenters. The van der Waals surface area contributed by atoms with Crippen LogP contribution in [0.2, 0.25) is 0 Å². The van der Waals surface area contributed by atoms with E-state index in [1.807, 2.05) is 81.4 Å². The van der Waals surface area contributed by atoms with Crippen molar-refractivity contribution in [2.45, 2.75) is 60.3 Å².